The Labute approximate surface area is 100 Å². The van der Waals surface area contributed by atoms with E-state index in [1.54, 1.807) is 0 Å². The second-order valence-electron chi connectivity index (χ2n) is 4.81. The van der Waals surface area contributed by atoms with E-state index in [1.165, 1.54) is 5.56 Å². The van der Waals surface area contributed by atoms with Crippen molar-refractivity contribution in [2.45, 2.75) is 38.0 Å². The molecule has 3 nitrogen and oxygen atoms in total. The van der Waals surface area contributed by atoms with E-state index >= 15 is 0 Å². The number of aryl methyl sites for hydroxylation is 1. The summed E-state index contributed by atoms with van der Waals surface area (Å²) >= 11 is 0. The molecule has 3 heteroatoms. The van der Waals surface area contributed by atoms with Gasteiger partial charge in [-0.3, -0.25) is 9.59 Å². The van der Waals surface area contributed by atoms with E-state index in [9.17, 15) is 9.59 Å². The molecule has 0 radical (unpaired) electrons. The van der Waals surface area contributed by atoms with Gasteiger partial charge in [0.2, 0.25) is 0 Å². The Morgan fingerprint density at radius 2 is 2.06 bits per heavy atom. The summed E-state index contributed by atoms with van der Waals surface area (Å²) in [5.41, 5.74) is 1.57. The molecule has 0 bridgehead atoms. The molecule has 90 valence electrons. The summed E-state index contributed by atoms with van der Waals surface area (Å²) in [5.74, 6) is -0.681. The molecule has 1 N–H and O–H groups in total. The van der Waals surface area contributed by atoms with Crippen molar-refractivity contribution in [3.63, 3.8) is 0 Å². The van der Waals surface area contributed by atoms with Gasteiger partial charge in [-0.2, -0.15) is 0 Å². The van der Waals surface area contributed by atoms with Crippen molar-refractivity contribution < 1.29 is 14.7 Å². The minimum absolute atomic E-state index is 0.0383. The van der Waals surface area contributed by atoms with Gasteiger partial charge in [0.05, 0.1) is 5.41 Å². The normalized spacial score (nSPS) is 23.2. The molecule has 1 aromatic carbocycles. The van der Waals surface area contributed by atoms with Crippen LogP contribution in [0.5, 0.6) is 0 Å². The third-order valence-corrected chi connectivity index (χ3v) is 3.69. The molecule has 1 aromatic rings. The Morgan fingerprint density at radius 1 is 1.35 bits per heavy atom. The van der Waals surface area contributed by atoms with Gasteiger partial charge in [-0.05, 0) is 30.9 Å². The number of aliphatic carboxylic acids is 1. The summed E-state index contributed by atoms with van der Waals surface area (Å²) in [7, 11) is 0. The Morgan fingerprint density at radius 3 is 2.76 bits per heavy atom. The standard InChI is InChI=1S/C14H16O3/c1-14(9-8-13(16)17)11-5-3-2-4-10(11)6-7-12(14)15/h2-5H,6-9H2,1H3,(H,16,17)/t14-/m1/s1. The predicted molar refractivity (Wildman–Crippen MR) is 64.0 cm³/mol. The number of rotatable bonds is 3. The van der Waals surface area contributed by atoms with E-state index in [1.807, 2.05) is 31.2 Å². The second kappa shape index (κ2) is 4.32. The predicted octanol–water partition coefficient (Wildman–Crippen LogP) is 2.32. The quantitative estimate of drug-likeness (QED) is 0.870. The molecule has 1 aliphatic rings. The lowest BCUT2D eigenvalue weighted by atomic mass is 9.68. The lowest BCUT2D eigenvalue weighted by molar-refractivity contribution is -0.137. The maximum Gasteiger partial charge on any atom is 0.303 e. The summed E-state index contributed by atoms with van der Waals surface area (Å²) < 4.78 is 0. The van der Waals surface area contributed by atoms with Crippen LogP contribution in [0.2, 0.25) is 0 Å². The highest BCUT2D eigenvalue weighted by Gasteiger charge is 2.39. The fourth-order valence-corrected chi connectivity index (χ4v) is 2.58. The van der Waals surface area contributed by atoms with Crippen molar-refractivity contribution in [2.75, 3.05) is 0 Å². The van der Waals surface area contributed by atoms with Gasteiger partial charge in [-0.25, -0.2) is 0 Å². The molecule has 0 heterocycles. The number of carboxylic acids is 1. The van der Waals surface area contributed by atoms with Crippen LogP contribution in [0, 0.1) is 0 Å². The minimum Gasteiger partial charge on any atom is -0.481 e. The molecule has 0 aromatic heterocycles. The summed E-state index contributed by atoms with van der Waals surface area (Å²) in [6.07, 6.45) is 1.72. The van der Waals surface area contributed by atoms with Crippen LogP contribution in [0.1, 0.15) is 37.3 Å². The van der Waals surface area contributed by atoms with Gasteiger partial charge in [0.1, 0.15) is 5.78 Å². The Kier molecular flexibility index (Phi) is 3.01. The van der Waals surface area contributed by atoms with Crippen LogP contribution in [0.25, 0.3) is 0 Å². The number of Topliss-reactive ketones (excluding diaryl/α,β-unsaturated/α-hetero) is 1. The van der Waals surface area contributed by atoms with Gasteiger partial charge in [0.15, 0.2) is 0 Å². The summed E-state index contributed by atoms with van der Waals surface area (Å²) in [5, 5.41) is 8.78. The third kappa shape index (κ3) is 2.09. The van der Waals surface area contributed by atoms with E-state index in [0.717, 1.165) is 12.0 Å². The van der Waals surface area contributed by atoms with Crippen molar-refractivity contribution in [1.29, 1.82) is 0 Å². The van der Waals surface area contributed by atoms with Crippen LogP contribution in [0.4, 0.5) is 0 Å². The molecule has 0 spiro atoms. The number of carbonyl (C=O) groups is 2. The van der Waals surface area contributed by atoms with Gasteiger partial charge >= 0.3 is 5.97 Å². The summed E-state index contributed by atoms with van der Waals surface area (Å²) in [6, 6.07) is 7.86. The highest BCUT2D eigenvalue weighted by molar-refractivity contribution is 5.92. The zero-order valence-electron chi connectivity index (χ0n) is 9.90. The molecule has 17 heavy (non-hydrogen) atoms. The molecular weight excluding hydrogens is 216 g/mol. The fraction of sp³-hybridized carbons (Fsp3) is 0.429. The van der Waals surface area contributed by atoms with Crippen LogP contribution in [0.3, 0.4) is 0 Å². The first-order valence-electron chi connectivity index (χ1n) is 5.87. The topological polar surface area (TPSA) is 54.4 Å². The monoisotopic (exact) mass is 232 g/mol. The van der Waals surface area contributed by atoms with Crippen LogP contribution < -0.4 is 0 Å². The fourth-order valence-electron chi connectivity index (χ4n) is 2.58. The maximum absolute atomic E-state index is 12.1. The van der Waals surface area contributed by atoms with Crippen LogP contribution in [-0.2, 0) is 21.4 Å². The number of hydrogen-bond acceptors (Lipinski definition) is 2. The molecular formula is C14H16O3. The molecule has 0 amide bonds. The van der Waals surface area contributed by atoms with Gasteiger partial charge in [0.25, 0.3) is 0 Å². The first-order chi connectivity index (χ1) is 8.04. The second-order valence-corrected chi connectivity index (χ2v) is 4.81. The summed E-state index contributed by atoms with van der Waals surface area (Å²) in [6.45, 7) is 1.87. The average molecular weight is 232 g/mol. The molecule has 0 unspecified atom stereocenters. The highest BCUT2D eigenvalue weighted by Crippen LogP contribution is 2.37. The number of carbonyl (C=O) groups excluding carboxylic acids is 1. The smallest absolute Gasteiger partial charge is 0.303 e. The van der Waals surface area contributed by atoms with Gasteiger partial charge in [0, 0.05) is 12.8 Å². The van der Waals surface area contributed by atoms with Crippen LogP contribution in [-0.4, -0.2) is 16.9 Å². The third-order valence-electron chi connectivity index (χ3n) is 3.69. The van der Waals surface area contributed by atoms with E-state index in [0.29, 0.717) is 12.8 Å². The lowest BCUT2D eigenvalue weighted by Gasteiger charge is -2.34. The molecule has 1 atom stereocenters. The Balaban J connectivity index is 2.37. The van der Waals surface area contributed by atoms with Crippen molar-refractivity contribution in [2.24, 2.45) is 0 Å². The molecule has 0 saturated carbocycles. The van der Waals surface area contributed by atoms with E-state index in [4.69, 9.17) is 5.11 Å². The Hall–Kier alpha value is -1.64. The van der Waals surface area contributed by atoms with Crippen molar-refractivity contribution >= 4 is 11.8 Å². The van der Waals surface area contributed by atoms with E-state index < -0.39 is 11.4 Å². The van der Waals surface area contributed by atoms with E-state index in [-0.39, 0.29) is 12.2 Å². The van der Waals surface area contributed by atoms with Gasteiger partial charge in [-0.1, -0.05) is 24.3 Å². The SMILES string of the molecule is C[C@]1(CCC(=O)O)C(=O)CCc2ccccc21. The lowest BCUT2D eigenvalue weighted by Crippen LogP contribution is -2.37. The number of hydrogen-bond donors (Lipinski definition) is 1. The first-order valence-corrected chi connectivity index (χ1v) is 5.87. The molecule has 2 rings (SSSR count). The van der Waals surface area contributed by atoms with Crippen molar-refractivity contribution in [3.05, 3.63) is 35.4 Å². The minimum atomic E-state index is -0.845. The number of fused-ring (bicyclic) bond motifs is 1. The van der Waals surface area contributed by atoms with Crippen LogP contribution in [0.15, 0.2) is 24.3 Å². The largest absolute Gasteiger partial charge is 0.481 e. The Bertz CT molecular complexity index is 464. The molecule has 0 saturated heterocycles. The maximum atomic E-state index is 12.1. The number of benzene rings is 1. The molecule has 0 fully saturated rings. The first kappa shape index (κ1) is 11.8. The van der Waals surface area contributed by atoms with Crippen LogP contribution >= 0.6 is 0 Å². The number of ketones is 1. The van der Waals surface area contributed by atoms with Crippen molar-refractivity contribution in [3.8, 4) is 0 Å². The average Bonchev–Trinajstić information content (AvgIpc) is 2.32. The van der Waals surface area contributed by atoms with Gasteiger partial charge in [-0.15, -0.1) is 0 Å². The van der Waals surface area contributed by atoms with Gasteiger partial charge < -0.3 is 5.11 Å². The zero-order valence-corrected chi connectivity index (χ0v) is 9.90. The highest BCUT2D eigenvalue weighted by atomic mass is 16.4. The van der Waals surface area contributed by atoms with Crippen molar-refractivity contribution in [1.82, 2.24) is 0 Å². The molecule has 0 aliphatic heterocycles. The number of carboxylic acid groups (broad SMARTS) is 1. The summed E-state index contributed by atoms with van der Waals surface area (Å²) in [4.78, 5) is 22.8. The van der Waals surface area contributed by atoms with E-state index in [2.05, 4.69) is 0 Å². The zero-order chi connectivity index (χ0) is 12.5. The molecule has 1 aliphatic carbocycles.